The van der Waals surface area contributed by atoms with Crippen molar-refractivity contribution in [3.8, 4) is 5.75 Å². The maximum Gasteiger partial charge on any atom is 0.251 e. The molecule has 0 aliphatic carbocycles. The van der Waals surface area contributed by atoms with Gasteiger partial charge in [-0.05, 0) is 42.3 Å². The van der Waals surface area contributed by atoms with Crippen LogP contribution >= 0.6 is 23.2 Å². The highest BCUT2D eigenvalue weighted by Gasteiger charge is 2.07. The quantitative estimate of drug-likeness (QED) is 0.795. The molecule has 1 N–H and O–H groups in total. The Bertz CT molecular complexity index is 659. The van der Waals surface area contributed by atoms with Crippen molar-refractivity contribution in [2.75, 3.05) is 13.2 Å². The van der Waals surface area contributed by atoms with Crippen molar-refractivity contribution in [2.45, 2.75) is 13.3 Å². The molecule has 0 saturated heterocycles. The standard InChI is InChI=1S/C17H17Cl2NO2/c1-2-12-4-3-5-14(10-12)22-9-8-20-17(21)13-6-7-15(18)16(19)11-13/h3-7,10-11H,2,8-9H2,1H3,(H,20,21). The highest BCUT2D eigenvalue weighted by molar-refractivity contribution is 6.42. The summed E-state index contributed by atoms with van der Waals surface area (Å²) in [6.45, 7) is 2.91. The number of halogens is 2. The molecule has 0 spiro atoms. The van der Waals surface area contributed by atoms with E-state index in [1.807, 2.05) is 18.2 Å². The minimum atomic E-state index is -0.204. The Morgan fingerprint density at radius 2 is 1.95 bits per heavy atom. The minimum Gasteiger partial charge on any atom is -0.492 e. The monoisotopic (exact) mass is 337 g/mol. The van der Waals surface area contributed by atoms with E-state index in [9.17, 15) is 4.79 Å². The van der Waals surface area contributed by atoms with Gasteiger partial charge in [-0.15, -0.1) is 0 Å². The molecule has 2 aromatic rings. The summed E-state index contributed by atoms with van der Waals surface area (Å²) in [5.74, 6) is 0.604. The number of amides is 1. The molecule has 0 aromatic heterocycles. The fourth-order valence-corrected chi connectivity index (χ4v) is 2.23. The Morgan fingerprint density at radius 3 is 2.68 bits per heavy atom. The smallest absolute Gasteiger partial charge is 0.251 e. The van der Waals surface area contributed by atoms with E-state index in [4.69, 9.17) is 27.9 Å². The molecule has 1 amide bonds. The molecule has 0 saturated carbocycles. The third kappa shape index (κ3) is 4.65. The third-order valence-corrected chi connectivity index (χ3v) is 3.88. The fourth-order valence-electron chi connectivity index (χ4n) is 1.93. The Hall–Kier alpha value is -1.71. The molecule has 2 rings (SSSR count). The largest absolute Gasteiger partial charge is 0.492 e. The predicted molar refractivity (Wildman–Crippen MR) is 90.1 cm³/mol. The van der Waals surface area contributed by atoms with Crippen LogP contribution in [0, 0.1) is 0 Å². The lowest BCUT2D eigenvalue weighted by atomic mass is 10.2. The van der Waals surface area contributed by atoms with Crippen molar-refractivity contribution in [1.29, 1.82) is 0 Å². The van der Waals surface area contributed by atoms with Gasteiger partial charge in [0.1, 0.15) is 12.4 Å². The van der Waals surface area contributed by atoms with Crippen LogP contribution in [0.25, 0.3) is 0 Å². The van der Waals surface area contributed by atoms with Gasteiger partial charge in [-0.1, -0.05) is 42.3 Å². The number of ether oxygens (including phenoxy) is 1. The van der Waals surface area contributed by atoms with Crippen molar-refractivity contribution in [3.05, 3.63) is 63.6 Å². The van der Waals surface area contributed by atoms with E-state index < -0.39 is 0 Å². The normalized spacial score (nSPS) is 10.3. The second-order valence-electron chi connectivity index (χ2n) is 4.73. The van der Waals surface area contributed by atoms with Gasteiger partial charge in [0.2, 0.25) is 0 Å². The summed E-state index contributed by atoms with van der Waals surface area (Å²) in [6, 6.07) is 12.7. The van der Waals surface area contributed by atoms with Crippen LogP contribution in [-0.2, 0) is 6.42 Å². The van der Waals surface area contributed by atoms with E-state index in [1.54, 1.807) is 18.2 Å². The maximum absolute atomic E-state index is 12.0. The first kappa shape index (κ1) is 16.7. The Kier molecular flexibility index (Phi) is 6.10. The second kappa shape index (κ2) is 8.06. The number of benzene rings is 2. The number of carbonyl (C=O) groups excluding carboxylic acids is 1. The summed E-state index contributed by atoms with van der Waals surface area (Å²) in [7, 11) is 0. The molecule has 0 fully saturated rings. The second-order valence-corrected chi connectivity index (χ2v) is 5.55. The van der Waals surface area contributed by atoms with E-state index >= 15 is 0 Å². The number of carbonyl (C=O) groups is 1. The van der Waals surface area contributed by atoms with Crippen LogP contribution in [0.2, 0.25) is 10.0 Å². The number of hydrogen-bond acceptors (Lipinski definition) is 2. The van der Waals surface area contributed by atoms with Gasteiger partial charge in [0, 0.05) is 5.56 Å². The SMILES string of the molecule is CCc1cccc(OCCNC(=O)c2ccc(Cl)c(Cl)c2)c1. The number of hydrogen-bond donors (Lipinski definition) is 1. The highest BCUT2D eigenvalue weighted by Crippen LogP contribution is 2.22. The van der Waals surface area contributed by atoms with Gasteiger partial charge in [0.05, 0.1) is 16.6 Å². The summed E-state index contributed by atoms with van der Waals surface area (Å²) >= 11 is 11.7. The van der Waals surface area contributed by atoms with E-state index in [0.29, 0.717) is 28.8 Å². The average molecular weight is 338 g/mol. The first-order valence-electron chi connectivity index (χ1n) is 7.05. The molecule has 0 heterocycles. The van der Waals surface area contributed by atoms with E-state index in [0.717, 1.165) is 12.2 Å². The van der Waals surface area contributed by atoms with Crippen LogP contribution in [0.1, 0.15) is 22.8 Å². The molecular formula is C17H17Cl2NO2. The summed E-state index contributed by atoms with van der Waals surface area (Å²) in [5, 5.41) is 3.57. The number of rotatable bonds is 6. The molecule has 0 bridgehead atoms. The van der Waals surface area contributed by atoms with Gasteiger partial charge in [0.25, 0.3) is 5.91 Å². The zero-order valence-corrected chi connectivity index (χ0v) is 13.7. The van der Waals surface area contributed by atoms with Crippen molar-refractivity contribution < 1.29 is 9.53 Å². The van der Waals surface area contributed by atoms with Crippen LogP contribution in [-0.4, -0.2) is 19.1 Å². The van der Waals surface area contributed by atoms with Gasteiger partial charge in [-0.2, -0.15) is 0 Å². The lowest BCUT2D eigenvalue weighted by molar-refractivity contribution is 0.0947. The molecule has 0 aliphatic heterocycles. The fraction of sp³-hybridized carbons (Fsp3) is 0.235. The van der Waals surface area contributed by atoms with E-state index in [1.165, 1.54) is 5.56 Å². The summed E-state index contributed by atoms with van der Waals surface area (Å²) in [4.78, 5) is 12.0. The average Bonchev–Trinajstić information content (AvgIpc) is 2.54. The van der Waals surface area contributed by atoms with Crippen molar-refractivity contribution in [1.82, 2.24) is 5.32 Å². The van der Waals surface area contributed by atoms with Gasteiger partial charge in [0.15, 0.2) is 0 Å². The van der Waals surface area contributed by atoms with Crippen LogP contribution in [0.3, 0.4) is 0 Å². The van der Waals surface area contributed by atoms with Gasteiger partial charge < -0.3 is 10.1 Å². The van der Waals surface area contributed by atoms with Crippen molar-refractivity contribution in [3.63, 3.8) is 0 Å². The number of nitrogens with one attached hydrogen (secondary N) is 1. The van der Waals surface area contributed by atoms with Crippen LogP contribution < -0.4 is 10.1 Å². The zero-order valence-electron chi connectivity index (χ0n) is 12.2. The minimum absolute atomic E-state index is 0.204. The molecule has 0 atom stereocenters. The number of aryl methyl sites for hydroxylation is 1. The summed E-state index contributed by atoms with van der Waals surface area (Å²) in [5.41, 5.74) is 1.69. The molecule has 5 heteroatoms. The summed E-state index contributed by atoms with van der Waals surface area (Å²) in [6.07, 6.45) is 0.964. The molecule has 116 valence electrons. The van der Waals surface area contributed by atoms with Crippen LogP contribution in [0.15, 0.2) is 42.5 Å². The van der Waals surface area contributed by atoms with Crippen LogP contribution in [0.4, 0.5) is 0 Å². The molecule has 3 nitrogen and oxygen atoms in total. The van der Waals surface area contributed by atoms with Crippen LogP contribution in [0.5, 0.6) is 5.75 Å². The molecule has 0 radical (unpaired) electrons. The maximum atomic E-state index is 12.0. The molecule has 0 unspecified atom stereocenters. The highest BCUT2D eigenvalue weighted by atomic mass is 35.5. The zero-order chi connectivity index (χ0) is 15.9. The summed E-state index contributed by atoms with van der Waals surface area (Å²) < 4.78 is 5.62. The predicted octanol–water partition coefficient (Wildman–Crippen LogP) is 4.36. The lowest BCUT2D eigenvalue weighted by Crippen LogP contribution is -2.28. The molecule has 22 heavy (non-hydrogen) atoms. The Labute approximate surface area is 140 Å². The van der Waals surface area contributed by atoms with Crippen molar-refractivity contribution >= 4 is 29.1 Å². The Balaban J connectivity index is 1.80. The molecule has 2 aromatic carbocycles. The van der Waals surface area contributed by atoms with E-state index in [2.05, 4.69) is 18.3 Å². The van der Waals surface area contributed by atoms with E-state index in [-0.39, 0.29) is 5.91 Å². The van der Waals surface area contributed by atoms with Gasteiger partial charge >= 0.3 is 0 Å². The molecular weight excluding hydrogens is 321 g/mol. The Morgan fingerprint density at radius 1 is 1.14 bits per heavy atom. The topological polar surface area (TPSA) is 38.3 Å². The first-order chi connectivity index (χ1) is 10.6. The molecule has 0 aliphatic rings. The first-order valence-corrected chi connectivity index (χ1v) is 7.80. The third-order valence-electron chi connectivity index (χ3n) is 3.14. The van der Waals surface area contributed by atoms with Crippen molar-refractivity contribution in [2.24, 2.45) is 0 Å². The lowest BCUT2D eigenvalue weighted by Gasteiger charge is -2.09. The van der Waals surface area contributed by atoms with Gasteiger partial charge in [-0.3, -0.25) is 4.79 Å². The van der Waals surface area contributed by atoms with Gasteiger partial charge in [-0.25, -0.2) is 0 Å².